The molecule has 0 aliphatic heterocycles. The van der Waals surface area contributed by atoms with Crippen molar-refractivity contribution in [3.05, 3.63) is 0 Å². The van der Waals surface area contributed by atoms with E-state index in [1.54, 1.807) is 0 Å². The van der Waals surface area contributed by atoms with E-state index in [-0.39, 0.29) is 5.88 Å². The Bertz CT molecular complexity index is 75.3. The van der Waals surface area contributed by atoms with Gasteiger partial charge in [0.05, 0.1) is 0 Å². The number of carbonyl (C=O) groups excluding carboxylic acids is 1. The quantitative estimate of drug-likeness (QED) is 0.520. The summed E-state index contributed by atoms with van der Waals surface area (Å²) in [6.45, 7) is 0. The number of rotatable bonds is 2. The van der Waals surface area contributed by atoms with Gasteiger partial charge in [-0.3, -0.25) is 10.5 Å². The summed E-state index contributed by atoms with van der Waals surface area (Å²) in [5.74, 6) is -0.805. The Morgan fingerprint density at radius 1 is 1.86 bits per heavy atom. The molecular weight excluding hydrogens is 137 g/mol. The van der Waals surface area contributed by atoms with Crippen molar-refractivity contribution in [3.8, 4) is 0 Å². The summed E-state index contributed by atoms with van der Waals surface area (Å²) >= 11 is 10.2. The molecule has 0 aliphatic carbocycles. The maximum absolute atomic E-state index is 9.83. The van der Waals surface area contributed by atoms with Crippen molar-refractivity contribution >= 4 is 29.1 Å². The van der Waals surface area contributed by atoms with Crippen molar-refractivity contribution in [2.45, 2.75) is 5.38 Å². The van der Waals surface area contributed by atoms with Crippen LogP contribution in [0.25, 0.3) is 0 Å². The number of halogens is 2. The third-order valence-electron chi connectivity index (χ3n) is 0.420. The molecule has 1 amide bonds. The Kier molecular flexibility index (Phi) is 3.13. The summed E-state index contributed by atoms with van der Waals surface area (Å²) in [5.41, 5.74) is 6.33. The molecule has 0 fully saturated rings. The second kappa shape index (κ2) is 3.10. The summed E-state index contributed by atoms with van der Waals surface area (Å²) in [7, 11) is 0. The molecule has 41 valence electrons. The number of nitrogens with one attached hydrogen (secondary N) is 1. The summed E-state index contributed by atoms with van der Waals surface area (Å²) in [4.78, 5) is 9.83. The Hall–Kier alpha value is 0.0500. The van der Waals surface area contributed by atoms with E-state index in [4.69, 9.17) is 28.9 Å². The molecule has 4 heteroatoms. The molecule has 0 bridgehead atoms. The molecule has 0 aromatic rings. The molecule has 0 rings (SSSR count). The van der Waals surface area contributed by atoms with Crippen LogP contribution in [-0.4, -0.2) is 17.2 Å². The summed E-state index contributed by atoms with van der Waals surface area (Å²) in [5, 5.41) is -0.832. The lowest BCUT2D eigenvalue weighted by molar-refractivity contribution is -0.117. The summed E-state index contributed by atoms with van der Waals surface area (Å²) in [6.07, 6.45) is 0. The van der Waals surface area contributed by atoms with Gasteiger partial charge < -0.3 is 0 Å². The normalized spacial score (nSPS) is 13.4. The second-order valence-corrected chi connectivity index (χ2v) is 1.82. The molecule has 0 aliphatic rings. The largest absolute Gasteiger partial charge is 0.271 e. The predicted molar refractivity (Wildman–Crippen MR) is 28.5 cm³/mol. The number of hydrogen-bond acceptors (Lipinski definition) is 1. The molecule has 0 aromatic carbocycles. The van der Waals surface area contributed by atoms with E-state index in [0.29, 0.717) is 0 Å². The highest BCUT2D eigenvalue weighted by Gasteiger charge is 2.08. The Morgan fingerprint density at radius 2 is 2.29 bits per heavy atom. The first-order chi connectivity index (χ1) is 3.18. The van der Waals surface area contributed by atoms with Crippen molar-refractivity contribution < 1.29 is 4.79 Å². The molecule has 1 N–H and O–H groups in total. The van der Waals surface area contributed by atoms with Crippen LogP contribution in [0.4, 0.5) is 0 Å². The second-order valence-electron chi connectivity index (χ2n) is 0.986. The van der Waals surface area contributed by atoms with Crippen LogP contribution in [0.2, 0.25) is 0 Å². The van der Waals surface area contributed by atoms with E-state index in [9.17, 15) is 4.79 Å². The Morgan fingerprint density at radius 3 is 2.29 bits per heavy atom. The molecule has 0 heterocycles. The zero-order valence-electron chi connectivity index (χ0n) is 3.45. The van der Waals surface area contributed by atoms with Gasteiger partial charge in [0.15, 0.2) is 0 Å². The first kappa shape index (κ1) is 7.05. The lowest BCUT2D eigenvalue weighted by Crippen LogP contribution is -2.15. The van der Waals surface area contributed by atoms with E-state index < -0.39 is 11.3 Å². The van der Waals surface area contributed by atoms with E-state index in [1.807, 2.05) is 0 Å². The standard InChI is InChI=1S/C3H4Cl2NO/c4-1-2(5)3(6)7/h2,6H,1H2. The summed E-state index contributed by atoms with van der Waals surface area (Å²) in [6, 6.07) is 0. The predicted octanol–water partition coefficient (Wildman–Crippen LogP) is 0.642. The molecule has 1 radical (unpaired) electrons. The third-order valence-corrected chi connectivity index (χ3v) is 1.24. The maximum atomic E-state index is 9.83. The fraction of sp³-hybridized carbons (Fsp3) is 0.667. The highest BCUT2D eigenvalue weighted by Crippen LogP contribution is 1.96. The van der Waals surface area contributed by atoms with Crippen LogP contribution in [0.1, 0.15) is 0 Å². The van der Waals surface area contributed by atoms with Gasteiger partial charge in [-0.1, -0.05) is 0 Å². The third kappa shape index (κ3) is 2.71. The molecule has 7 heavy (non-hydrogen) atoms. The first-order valence-electron chi connectivity index (χ1n) is 1.64. The van der Waals surface area contributed by atoms with Gasteiger partial charge in [0.2, 0.25) is 0 Å². The van der Waals surface area contributed by atoms with Gasteiger partial charge in [0.25, 0.3) is 5.91 Å². The van der Waals surface area contributed by atoms with Crippen LogP contribution < -0.4 is 5.73 Å². The number of alkyl halides is 2. The van der Waals surface area contributed by atoms with Crippen molar-refractivity contribution in [3.63, 3.8) is 0 Å². The van der Waals surface area contributed by atoms with Crippen molar-refractivity contribution in [2.24, 2.45) is 0 Å². The fourth-order valence-corrected chi connectivity index (χ4v) is 0.210. The van der Waals surface area contributed by atoms with E-state index in [2.05, 4.69) is 0 Å². The fourth-order valence-electron chi connectivity index (χ4n) is 0.0701. The molecular formula is C3H4Cl2NO. The Labute approximate surface area is 51.6 Å². The van der Waals surface area contributed by atoms with Crippen LogP contribution in [-0.2, 0) is 4.79 Å². The average Bonchev–Trinajstić information content (AvgIpc) is 1.65. The smallest absolute Gasteiger partial charge is 0.257 e. The lowest BCUT2D eigenvalue weighted by Gasteiger charge is -1.92. The zero-order valence-corrected chi connectivity index (χ0v) is 4.96. The van der Waals surface area contributed by atoms with Crippen LogP contribution in [0.5, 0.6) is 0 Å². The van der Waals surface area contributed by atoms with Crippen LogP contribution in [0.3, 0.4) is 0 Å². The van der Waals surface area contributed by atoms with E-state index >= 15 is 0 Å². The highest BCUT2D eigenvalue weighted by molar-refractivity contribution is 6.35. The lowest BCUT2D eigenvalue weighted by atomic mass is 10.5. The zero-order chi connectivity index (χ0) is 5.86. The van der Waals surface area contributed by atoms with Gasteiger partial charge >= 0.3 is 0 Å². The minimum absolute atomic E-state index is 0.0177. The van der Waals surface area contributed by atoms with Crippen LogP contribution in [0, 0.1) is 0 Å². The number of amides is 1. The van der Waals surface area contributed by atoms with E-state index in [0.717, 1.165) is 0 Å². The number of carbonyl (C=O) groups is 1. The molecule has 0 saturated carbocycles. The van der Waals surface area contributed by atoms with Crippen LogP contribution >= 0.6 is 23.2 Å². The van der Waals surface area contributed by atoms with Gasteiger partial charge in [0, 0.05) is 5.88 Å². The van der Waals surface area contributed by atoms with Gasteiger partial charge in [-0.2, -0.15) is 0 Å². The summed E-state index contributed by atoms with van der Waals surface area (Å²) < 4.78 is 0. The SMILES string of the molecule is [NH]C(=O)C(Cl)CCl. The monoisotopic (exact) mass is 140 g/mol. The molecule has 0 spiro atoms. The van der Waals surface area contributed by atoms with Crippen molar-refractivity contribution in [1.29, 1.82) is 0 Å². The van der Waals surface area contributed by atoms with Gasteiger partial charge in [-0.15, -0.1) is 23.2 Å². The molecule has 0 aromatic heterocycles. The minimum atomic E-state index is -0.832. The molecule has 0 saturated heterocycles. The molecule has 2 nitrogen and oxygen atoms in total. The van der Waals surface area contributed by atoms with Gasteiger partial charge in [-0.05, 0) is 0 Å². The van der Waals surface area contributed by atoms with Crippen LogP contribution in [0.15, 0.2) is 0 Å². The van der Waals surface area contributed by atoms with E-state index in [1.165, 1.54) is 0 Å². The topological polar surface area (TPSA) is 40.9 Å². The minimum Gasteiger partial charge on any atom is -0.271 e. The molecule has 1 unspecified atom stereocenters. The molecule has 1 atom stereocenters. The van der Waals surface area contributed by atoms with Gasteiger partial charge in [0.1, 0.15) is 5.38 Å². The highest BCUT2D eigenvalue weighted by atomic mass is 35.5. The van der Waals surface area contributed by atoms with Crippen molar-refractivity contribution in [2.75, 3.05) is 5.88 Å². The average molecular weight is 141 g/mol. The van der Waals surface area contributed by atoms with Crippen molar-refractivity contribution in [1.82, 2.24) is 5.73 Å². The first-order valence-corrected chi connectivity index (χ1v) is 2.61. The maximum Gasteiger partial charge on any atom is 0.257 e. The van der Waals surface area contributed by atoms with Gasteiger partial charge in [-0.25, -0.2) is 0 Å². The number of hydrogen-bond donors (Lipinski definition) is 0. The Balaban J connectivity index is 3.34.